The van der Waals surface area contributed by atoms with E-state index in [9.17, 15) is 0 Å². The van der Waals surface area contributed by atoms with Gasteiger partial charge in [-0.05, 0) is 33.7 Å². The minimum absolute atomic E-state index is 0.272. The van der Waals surface area contributed by atoms with Crippen molar-refractivity contribution in [3.8, 4) is 0 Å². The second-order valence-electron chi connectivity index (χ2n) is 5.34. The molecule has 0 aliphatic carbocycles. The van der Waals surface area contributed by atoms with Crippen molar-refractivity contribution in [3.05, 3.63) is 12.4 Å². The van der Waals surface area contributed by atoms with Gasteiger partial charge in [0.25, 0.3) is 0 Å². The van der Waals surface area contributed by atoms with Crippen LogP contribution in [0.3, 0.4) is 0 Å². The number of nitrogens with zero attached hydrogens (tertiary/aromatic N) is 3. The summed E-state index contributed by atoms with van der Waals surface area (Å²) >= 11 is 0. The molecule has 16 heavy (non-hydrogen) atoms. The Morgan fingerprint density at radius 3 is 2.81 bits per heavy atom. The minimum atomic E-state index is 0.272. The molecule has 1 aromatic heterocycles. The normalized spacial score (nSPS) is 25.6. The average Bonchev–Trinajstić information content (AvgIpc) is 2.70. The van der Waals surface area contributed by atoms with Crippen LogP contribution in [-0.2, 0) is 0 Å². The minimum Gasteiger partial charge on any atom is -0.386 e. The van der Waals surface area contributed by atoms with Gasteiger partial charge in [-0.2, -0.15) is 5.10 Å². The molecule has 2 heterocycles. The van der Waals surface area contributed by atoms with Crippen LogP contribution in [0.5, 0.6) is 0 Å². The predicted octanol–water partition coefficient (Wildman–Crippen LogP) is 1.97. The van der Waals surface area contributed by atoms with Crippen molar-refractivity contribution < 1.29 is 0 Å². The summed E-state index contributed by atoms with van der Waals surface area (Å²) in [6, 6.07) is 0.535. The maximum absolute atomic E-state index is 4.44. The van der Waals surface area contributed by atoms with E-state index < -0.39 is 0 Å². The molecule has 1 fully saturated rings. The summed E-state index contributed by atoms with van der Waals surface area (Å²) in [7, 11) is 4.14. The highest BCUT2D eigenvalue weighted by atomic mass is 15.3. The van der Waals surface area contributed by atoms with Gasteiger partial charge in [0.15, 0.2) is 0 Å². The molecule has 1 atom stereocenters. The van der Waals surface area contributed by atoms with E-state index in [1.165, 1.54) is 6.42 Å². The summed E-state index contributed by atoms with van der Waals surface area (Å²) in [5.41, 5.74) is 1.37. The molecular weight excluding hydrogens is 200 g/mol. The fourth-order valence-corrected chi connectivity index (χ4v) is 2.37. The Balaban J connectivity index is 2.11. The van der Waals surface area contributed by atoms with Crippen LogP contribution in [0.25, 0.3) is 0 Å². The zero-order chi connectivity index (χ0) is 11.8. The molecule has 0 unspecified atom stereocenters. The molecule has 1 aromatic rings. The Hall–Kier alpha value is -1.03. The molecule has 1 aliphatic rings. The molecule has 90 valence electrons. The van der Waals surface area contributed by atoms with Gasteiger partial charge >= 0.3 is 0 Å². The van der Waals surface area contributed by atoms with Gasteiger partial charge in [-0.3, -0.25) is 4.68 Å². The van der Waals surface area contributed by atoms with Crippen LogP contribution >= 0.6 is 0 Å². The fraction of sp³-hybridized carbons (Fsp3) is 0.750. The van der Waals surface area contributed by atoms with E-state index in [1.807, 2.05) is 13.2 Å². The van der Waals surface area contributed by atoms with Crippen molar-refractivity contribution in [2.45, 2.75) is 38.3 Å². The number of rotatable bonds is 2. The number of hydrogen-bond donors (Lipinski definition) is 1. The first-order chi connectivity index (χ1) is 7.53. The van der Waals surface area contributed by atoms with Crippen molar-refractivity contribution in [1.82, 2.24) is 14.7 Å². The van der Waals surface area contributed by atoms with E-state index in [-0.39, 0.29) is 5.54 Å². The van der Waals surface area contributed by atoms with Gasteiger partial charge in [-0.1, -0.05) is 0 Å². The van der Waals surface area contributed by atoms with Crippen LogP contribution in [0, 0.1) is 0 Å². The molecule has 0 amide bonds. The van der Waals surface area contributed by atoms with Gasteiger partial charge in [0.1, 0.15) is 0 Å². The lowest BCUT2D eigenvalue weighted by atomic mass is 9.87. The van der Waals surface area contributed by atoms with Gasteiger partial charge in [-0.25, -0.2) is 0 Å². The zero-order valence-corrected chi connectivity index (χ0v) is 10.7. The summed E-state index contributed by atoms with van der Waals surface area (Å²) in [6.45, 7) is 5.76. The lowest BCUT2D eigenvalue weighted by Crippen LogP contribution is -2.47. The maximum atomic E-state index is 4.44. The topological polar surface area (TPSA) is 33.1 Å². The summed E-state index contributed by atoms with van der Waals surface area (Å²) in [6.07, 6.45) is 6.34. The molecule has 0 radical (unpaired) electrons. The van der Waals surface area contributed by atoms with Crippen LogP contribution in [0.1, 0.15) is 32.7 Å². The number of nitrogens with one attached hydrogen (secondary N) is 1. The SMILES string of the molecule is CNc1cnn([C@@H]2CCN(C)C(C)(C)C2)c1. The van der Waals surface area contributed by atoms with Crippen molar-refractivity contribution in [3.63, 3.8) is 0 Å². The zero-order valence-electron chi connectivity index (χ0n) is 10.7. The van der Waals surface area contributed by atoms with E-state index in [2.05, 4.69) is 47.1 Å². The predicted molar refractivity (Wildman–Crippen MR) is 66.8 cm³/mol. The Morgan fingerprint density at radius 2 is 2.25 bits per heavy atom. The molecule has 0 saturated carbocycles. The van der Waals surface area contributed by atoms with Crippen molar-refractivity contribution in [1.29, 1.82) is 0 Å². The van der Waals surface area contributed by atoms with Gasteiger partial charge < -0.3 is 10.2 Å². The van der Waals surface area contributed by atoms with E-state index in [1.54, 1.807) is 0 Å². The smallest absolute Gasteiger partial charge is 0.0724 e. The van der Waals surface area contributed by atoms with Crippen LogP contribution in [0.4, 0.5) is 5.69 Å². The third kappa shape index (κ3) is 2.07. The number of piperidine rings is 1. The van der Waals surface area contributed by atoms with E-state index in [0.717, 1.165) is 18.7 Å². The summed E-state index contributed by atoms with van der Waals surface area (Å²) in [5, 5.41) is 7.56. The molecule has 1 N–H and O–H groups in total. The van der Waals surface area contributed by atoms with E-state index >= 15 is 0 Å². The molecule has 0 bridgehead atoms. The highest BCUT2D eigenvalue weighted by Gasteiger charge is 2.33. The number of anilines is 1. The summed E-state index contributed by atoms with van der Waals surface area (Å²) < 4.78 is 2.11. The van der Waals surface area contributed by atoms with E-state index in [0.29, 0.717) is 6.04 Å². The molecule has 4 nitrogen and oxygen atoms in total. The highest BCUT2D eigenvalue weighted by molar-refractivity contribution is 5.37. The molecule has 1 aliphatic heterocycles. The maximum Gasteiger partial charge on any atom is 0.0724 e. The molecule has 2 rings (SSSR count). The monoisotopic (exact) mass is 222 g/mol. The number of hydrogen-bond acceptors (Lipinski definition) is 3. The van der Waals surface area contributed by atoms with Crippen LogP contribution in [0.15, 0.2) is 12.4 Å². The Kier molecular flexibility index (Phi) is 2.93. The largest absolute Gasteiger partial charge is 0.386 e. The Bertz CT molecular complexity index is 356. The van der Waals surface area contributed by atoms with Gasteiger partial charge in [0.2, 0.25) is 0 Å². The van der Waals surface area contributed by atoms with Gasteiger partial charge in [0.05, 0.1) is 17.9 Å². The van der Waals surface area contributed by atoms with Crippen molar-refractivity contribution in [2.24, 2.45) is 0 Å². The Labute approximate surface area is 97.6 Å². The van der Waals surface area contributed by atoms with Crippen LogP contribution < -0.4 is 5.32 Å². The average molecular weight is 222 g/mol. The second-order valence-corrected chi connectivity index (χ2v) is 5.34. The number of aromatic nitrogens is 2. The van der Waals surface area contributed by atoms with Gasteiger partial charge in [-0.15, -0.1) is 0 Å². The van der Waals surface area contributed by atoms with E-state index in [4.69, 9.17) is 0 Å². The number of likely N-dealkylation sites (tertiary alicyclic amines) is 1. The van der Waals surface area contributed by atoms with Crippen LogP contribution in [0.2, 0.25) is 0 Å². The summed E-state index contributed by atoms with van der Waals surface area (Å²) in [4.78, 5) is 2.44. The van der Waals surface area contributed by atoms with Crippen LogP contribution in [-0.4, -0.2) is 40.9 Å². The molecule has 0 spiro atoms. The van der Waals surface area contributed by atoms with Crippen molar-refractivity contribution in [2.75, 3.05) is 26.0 Å². The van der Waals surface area contributed by atoms with Crippen molar-refractivity contribution >= 4 is 5.69 Å². The quantitative estimate of drug-likeness (QED) is 0.830. The first kappa shape index (κ1) is 11.5. The fourth-order valence-electron chi connectivity index (χ4n) is 2.37. The molecule has 0 aromatic carbocycles. The lowest BCUT2D eigenvalue weighted by Gasteiger charge is -2.43. The Morgan fingerprint density at radius 1 is 1.50 bits per heavy atom. The first-order valence-electron chi connectivity index (χ1n) is 5.96. The standard InChI is InChI=1S/C12H22N4/c1-12(2)7-11(5-6-15(12)4)16-9-10(13-3)8-14-16/h8-9,11,13H,5-7H2,1-4H3/t11-/m1/s1. The summed E-state index contributed by atoms with van der Waals surface area (Å²) in [5.74, 6) is 0. The second kappa shape index (κ2) is 4.09. The lowest BCUT2D eigenvalue weighted by molar-refractivity contribution is 0.0719. The molecule has 1 saturated heterocycles. The molecule has 4 heteroatoms. The van der Waals surface area contributed by atoms with Gasteiger partial charge in [0, 0.05) is 25.3 Å². The third-order valence-electron chi connectivity index (χ3n) is 3.83. The first-order valence-corrected chi connectivity index (χ1v) is 5.96. The highest BCUT2D eigenvalue weighted by Crippen LogP contribution is 2.33. The molecular formula is C12H22N4. The third-order valence-corrected chi connectivity index (χ3v) is 3.83.